The normalized spacial score (nSPS) is 12.4. The van der Waals surface area contributed by atoms with Gasteiger partial charge in [0.15, 0.2) is 0 Å². The van der Waals surface area contributed by atoms with Crippen LogP contribution in [-0.4, -0.2) is 23.1 Å². The third kappa shape index (κ3) is 5.14. The van der Waals surface area contributed by atoms with Gasteiger partial charge < -0.3 is 15.7 Å². The van der Waals surface area contributed by atoms with Crippen molar-refractivity contribution in [1.82, 2.24) is 10.6 Å². The Labute approximate surface area is 118 Å². The summed E-state index contributed by atoms with van der Waals surface area (Å²) in [7, 11) is 0. The lowest BCUT2D eigenvalue weighted by Gasteiger charge is -2.17. The molecule has 3 N–H and O–H groups in total. The molecule has 0 spiro atoms. The Morgan fingerprint density at radius 3 is 2.30 bits per heavy atom. The molecule has 0 aliphatic heterocycles. The number of carbonyl (C=O) groups excluding carboxylic acids is 1. The molecule has 0 heterocycles. The van der Waals surface area contributed by atoms with E-state index in [0.717, 1.165) is 11.1 Å². The molecule has 0 saturated heterocycles. The second-order valence-corrected chi connectivity index (χ2v) is 4.92. The number of carbonyl (C=O) groups is 2. The van der Waals surface area contributed by atoms with Gasteiger partial charge in [-0.25, -0.2) is 9.59 Å². The number of aryl methyl sites for hydroxylation is 1. The zero-order chi connectivity index (χ0) is 15.1. The van der Waals surface area contributed by atoms with Gasteiger partial charge in [-0.3, -0.25) is 0 Å². The third-order valence-corrected chi connectivity index (χ3v) is 2.79. The van der Waals surface area contributed by atoms with E-state index < -0.39 is 18.0 Å². The van der Waals surface area contributed by atoms with Crippen LogP contribution in [0.4, 0.5) is 4.79 Å². The molecule has 108 valence electrons. The van der Waals surface area contributed by atoms with Crippen LogP contribution in [0.1, 0.15) is 25.0 Å². The second kappa shape index (κ2) is 7.33. The number of urea groups is 1. The Kier molecular flexibility index (Phi) is 5.77. The van der Waals surface area contributed by atoms with Gasteiger partial charge in [0.25, 0.3) is 0 Å². The molecule has 5 nitrogen and oxygen atoms in total. The average Bonchev–Trinajstić information content (AvgIpc) is 2.37. The van der Waals surface area contributed by atoms with Gasteiger partial charge in [-0.2, -0.15) is 0 Å². The summed E-state index contributed by atoms with van der Waals surface area (Å²) in [5.41, 5.74) is 2.11. The lowest BCUT2D eigenvalue weighted by atomic mass is 10.1. The highest BCUT2D eigenvalue weighted by molar-refractivity contribution is 5.83. The van der Waals surface area contributed by atoms with Crippen LogP contribution in [0.25, 0.3) is 6.08 Å². The first-order valence-electron chi connectivity index (χ1n) is 6.43. The molecule has 1 unspecified atom stereocenters. The predicted molar refractivity (Wildman–Crippen MR) is 78.1 cm³/mol. The van der Waals surface area contributed by atoms with E-state index in [0.29, 0.717) is 0 Å². The van der Waals surface area contributed by atoms with Crippen molar-refractivity contribution in [3.63, 3.8) is 0 Å². The van der Waals surface area contributed by atoms with Crippen LogP contribution in [-0.2, 0) is 4.79 Å². The Morgan fingerprint density at radius 1 is 1.20 bits per heavy atom. The summed E-state index contributed by atoms with van der Waals surface area (Å²) < 4.78 is 0. The molecule has 0 aliphatic carbocycles. The number of amides is 2. The molecule has 2 amide bonds. The maximum atomic E-state index is 11.6. The zero-order valence-electron chi connectivity index (χ0n) is 11.9. The summed E-state index contributed by atoms with van der Waals surface area (Å²) in [5.74, 6) is -1.23. The number of aliphatic carboxylic acids is 1. The van der Waals surface area contributed by atoms with E-state index in [1.165, 1.54) is 6.20 Å². The second-order valence-electron chi connectivity index (χ2n) is 4.92. The average molecular weight is 276 g/mol. The first-order chi connectivity index (χ1) is 9.40. The molecule has 0 radical (unpaired) electrons. The monoisotopic (exact) mass is 276 g/mol. The van der Waals surface area contributed by atoms with Crippen LogP contribution >= 0.6 is 0 Å². The maximum absolute atomic E-state index is 11.6. The molecule has 0 aromatic heterocycles. The van der Waals surface area contributed by atoms with Gasteiger partial charge in [-0.1, -0.05) is 43.7 Å². The molecule has 1 aromatic carbocycles. The SMILES string of the molecule is Cc1ccc(/C=C/NC(=O)NC(C(=O)O)C(C)C)cc1. The first kappa shape index (κ1) is 15.8. The van der Waals surface area contributed by atoms with Gasteiger partial charge in [0.1, 0.15) is 6.04 Å². The molecule has 1 atom stereocenters. The smallest absolute Gasteiger partial charge is 0.326 e. The first-order valence-corrected chi connectivity index (χ1v) is 6.43. The fraction of sp³-hybridized carbons (Fsp3) is 0.333. The van der Waals surface area contributed by atoms with E-state index in [1.807, 2.05) is 31.2 Å². The summed E-state index contributed by atoms with van der Waals surface area (Å²) in [4.78, 5) is 22.5. The minimum atomic E-state index is -1.04. The van der Waals surface area contributed by atoms with Crippen LogP contribution in [0.2, 0.25) is 0 Å². The Hall–Kier alpha value is -2.30. The molecule has 0 aliphatic rings. The summed E-state index contributed by atoms with van der Waals surface area (Å²) in [6.45, 7) is 5.47. The summed E-state index contributed by atoms with van der Waals surface area (Å²) in [6.07, 6.45) is 3.23. The quantitative estimate of drug-likeness (QED) is 0.772. The maximum Gasteiger partial charge on any atom is 0.326 e. The van der Waals surface area contributed by atoms with Crippen molar-refractivity contribution < 1.29 is 14.7 Å². The van der Waals surface area contributed by atoms with Gasteiger partial charge in [-0.05, 0) is 24.5 Å². The number of carboxylic acids is 1. The number of rotatable bonds is 5. The lowest BCUT2D eigenvalue weighted by molar-refractivity contribution is -0.140. The summed E-state index contributed by atoms with van der Waals surface area (Å²) in [6, 6.07) is 6.37. The van der Waals surface area contributed by atoms with E-state index in [4.69, 9.17) is 5.11 Å². The van der Waals surface area contributed by atoms with Crippen molar-refractivity contribution in [1.29, 1.82) is 0 Å². The van der Waals surface area contributed by atoms with E-state index in [2.05, 4.69) is 10.6 Å². The van der Waals surface area contributed by atoms with Crippen molar-refractivity contribution in [2.45, 2.75) is 26.8 Å². The highest BCUT2D eigenvalue weighted by atomic mass is 16.4. The van der Waals surface area contributed by atoms with Crippen molar-refractivity contribution in [3.8, 4) is 0 Å². The highest BCUT2D eigenvalue weighted by Gasteiger charge is 2.22. The standard InChI is InChI=1S/C15H20N2O3/c1-10(2)13(14(18)19)17-15(20)16-9-8-12-6-4-11(3)5-7-12/h4-10,13H,1-3H3,(H,18,19)(H2,16,17,20)/b9-8+. The van der Waals surface area contributed by atoms with Crippen LogP contribution in [0.5, 0.6) is 0 Å². The van der Waals surface area contributed by atoms with E-state index in [1.54, 1.807) is 19.9 Å². The zero-order valence-corrected chi connectivity index (χ0v) is 11.9. The van der Waals surface area contributed by atoms with E-state index >= 15 is 0 Å². The lowest BCUT2D eigenvalue weighted by Crippen LogP contribution is -2.47. The Morgan fingerprint density at radius 2 is 1.80 bits per heavy atom. The number of hydrogen-bond acceptors (Lipinski definition) is 2. The fourth-order valence-electron chi connectivity index (χ4n) is 1.59. The minimum absolute atomic E-state index is 0.181. The molecule has 1 rings (SSSR count). The number of hydrogen-bond donors (Lipinski definition) is 3. The van der Waals surface area contributed by atoms with Crippen LogP contribution in [0.3, 0.4) is 0 Å². The predicted octanol–water partition coefficient (Wildman–Crippen LogP) is 2.37. The van der Waals surface area contributed by atoms with E-state index in [-0.39, 0.29) is 5.92 Å². The largest absolute Gasteiger partial charge is 0.480 e. The Balaban J connectivity index is 2.50. The van der Waals surface area contributed by atoms with Gasteiger partial charge >= 0.3 is 12.0 Å². The molecule has 1 aromatic rings. The summed E-state index contributed by atoms with van der Waals surface area (Å²) in [5, 5.41) is 13.9. The summed E-state index contributed by atoms with van der Waals surface area (Å²) >= 11 is 0. The number of nitrogens with one attached hydrogen (secondary N) is 2. The van der Waals surface area contributed by atoms with Gasteiger partial charge in [0.2, 0.25) is 0 Å². The van der Waals surface area contributed by atoms with Crippen molar-refractivity contribution in [2.75, 3.05) is 0 Å². The molecule has 20 heavy (non-hydrogen) atoms. The van der Waals surface area contributed by atoms with Gasteiger partial charge in [-0.15, -0.1) is 0 Å². The van der Waals surface area contributed by atoms with Crippen molar-refractivity contribution in [3.05, 3.63) is 41.6 Å². The topological polar surface area (TPSA) is 78.4 Å². The molecule has 0 fully saturated rings. The van der Waals surface area contributed by atoms with Crippen LogP contribution in [0.15, 0.2) is 30.5 Å². The Bertz CT molecular complexity index is 492. The highest BCUT2D eigenvalue weighted by Crippen LogP contribution is 2.04. The van der Waals surface area contributed by atoms with E-state index in [9.17, 15) is 9.59 Å². The third-order valence-electron chi connectivity index (χ3n) is 2.79. The molecular weight excluding hydrogens is 256 g/mol. The van der Waals surface area contributed by atoms with Gasteiger partial charge in [0, 0.05) is 6.20 Å². The fourth-order valence-corrected chi connectivity index (χ4v) is 1.59. The van der Waals surface area contributed by atoms with Crippen molar-refractivity contribution >= 4 is 18.1 Å². The molecular formula is C15H20N2O3. The molecule has 5 heteroatoms. The van der Waals surface area contributed by atoms with Crippen LogP contribution in [0, 0.1) is 12.8 Å². The molecule has 0 saturated carbocycles. The number of carboxylic acid groups (broad SMARTS) is 1. The number of benzene rings is 1. The van der Waals surface area contributed by atoms with Crippen molar-refractivity contribution in [2.24, 2.45) is 5.92 Å². The van der Waals surface area contributed by atoms with Crippen LogP contribution < -0.4 is 10.6 Å². The minimum Gasteiger partial charge on any atom is -0.480 e. The van der Waals surface area contributed by atoms with Gasteiger partial charge in [0.05, 0.1) is 0 Å². The molecule has 0 bridgehead atoms.